The van der Waals surface area contributed by atoms with Gasteiger partial charge in [0.2, 0.25) is 0 Å². The van der Waals surface area contributed by atoms with Crippen molar-refractivity contribution >= 4 is 0 Å². The molecule has 0 spiro atoms. The average molecular weight is 245 g/mol. The number of hydrogen-bond donors (Lipinski definition) is 1. The second-order valence-corrected chi connectivity index (χ2v) is 4.19. The van der Waals surface area contributed by atoms with Crippen LogP contribution >= 0.6 is 0 Å². The molecule has 4 nitrogen and oxygen atoms in total. The first-order valence-electron chi connectivity index (χ1n) is 6.11. The quantitative estimate of drug-likeness (QED) is 0.899. The summed E-state index contributed by atoms with van der Waals surface area (Å²) in [5, 5.41) is 4.36. The number of nitrogens with two attached hydrogens (primary N) is 1. The first kappa shape index (κ1) is 12.6. The Labute approximate surface area is 107 Å². The van der Waals surface area contributed by atoms with Crippen molar-refractivity contribution in [2.45, 2.75) is 26.9 Å². The molecular formula is C14H19N3O. The third kappa shape index (κ3) is 2.11. The molecular weight excluding hydrogens is 226 g/mol. The lowest BCUT2D eigenvalue weighted by atomic mass is 10.0. The number of aryl methyl sites for hydroxylation is 1. The highest BCUT2D eigenvalue weighted by Gasteiger charge is 2.10. The van der Waals surface area contributed by atoms with Gasteiger partial charge in [0.25, 0.3) is 0 Å². The Bertz CT molecular complexity index is 546. The molecule has 1 heterocycles. The summed E-state index contributed by atoms with van der Waals surface area (Å²) in [6, 6.07) is 6.07. The molecule has 2 aromatic rings. The van der Waals surface area contributed by atoms with Gasteiger partial charge in [-0.05, 0) is 31.5 Å². The van der Waals surface area contributed by atoms with E-state index in [0.29, 0.717) is 6.54 Å². The van der Waals surface area contributed by atoms with Gasteiger partial charge in [0.15, 0.2) is 0 Å². The molecule has 1 aromatic heterocycles. The normalized spacial score (nSPS) is 10.7. The third-order valence-electron chi connectivity index (χ3n) is 3.21. The molecule has 0 atom stereocenters. The molecule has 0 aliphatic rings. The van der Waals surface area contributed by atoms with Gasteiger partial charge in [-0.25, -0.2) is 0 Å². The molecule has 0 radical (unpaired) electrons. The fraction of sp³-hybridized carbons (Fsp3) is 0.357. The monoisotopic (exact) mass is 245 g/mol. The number of rotatable bonds is 4. The van der Waals surface area contributed by atoms with Crippen molar-refractivity contribution in [3.05, 3.63) is 35.7 Å². The molecule has 4 heteroatoms. The first-order valence-corrected chi connectivity index (χ1v) is 6.11. The van der Waals surface area contributed by atoms with E-state index in [1.54, 1.807) is 7.11 Å². The maximum Gasteiger partial charge on any atom is 0.123 e. The number of benzene rings is 1. The van der Waals surface area contributed by atoms with Gasteiger partial charge in [-0.15, -0.1) is 0 Å². The van der Waals surface area contributed by atoms with Crippen LogP contribution in [0.2, 0.25) is 0 Å². The van der Waals surface area contributed by atoms with Gasteiger partial charge < -0.3 is 10.5 Å². The fourth-order valence-corrected chi connectivity index (χ4v) is 2.15. The second kappa shape index (κ2) is 5.23. The fourth-order valence-electron chi connectivity index (χ4n) is 2.15. The van der Waals surface area contributed by atoms with Crippen molar-refractivity contribution in [2.75, 3.05) is 7.11 Å². The number of aromatic nitrogens is 2. The van der Waals surface area contributed by atoms with Crippen molar-refractivity contribution in [1.82, 2.24) is 9.78 Å². The van der Waals surface area contributed by atoms with Crippen LogP contribution in [-0.4, -0.2) is 16.9 Å². The van der Waals surface area contributed by atoms with E-state index in [4.69, 9.17) is 10.5 Å². The Hall–Kier alpha value is -1.81. The minimum absolute atomic E-state index is 0.470. The van der Waals surface area contributed by atoms with Gasteiger partial charge >= 0.3 is 0 Å². The van der Waals surface area contributed by atoms with Crippen LogP contribution in [0.5, 0.6) is 5.75 Å². The maximum absolute atomic E-state index is 5.74. The lowest BCUT2D eigenvalue weighted by molar-refractivity contribution is 0.410. The molecule has 2 rings (SSSR count). The topological polar surface area (TPSA) is 53.1 Å². The molecule has 0 aliphatic carbocycles. The van der Waals surface area contributed by atoms with Crippen LogP contribution in [0.4, 0.5) is 0 Å². The summed E-state index contributed by atoms with van der Waals surface area (Å²) < 4.78 is 7.27. The van der Waals surface area contributed by atoms with Crippen LogP contribution in [0, 0.1) is 6.92 Å². The smallest absolute Gasteiger partial charge is 0.123 e. The molecule has 0 amide bonds. The van der Waals surface area contributed by atoms with Gasteiger partial charge in [0.05, 0.1) is 13.3 Å². The minimum atomic E-state index is 0.470. The van der Waals surface area contributed by atoms with E-state index >= 15 is 0 Å². The number of hydrogen-bond acceptors (Lipinski definition) is 3. The van der Waals surface area contributed by atoms with E-state index in [0.717, 1.165) is 29.0 Å². The van der Waals surface area contributed by atoms with E-state index < -0.39 is 0 Å². The van der Waals surface area contributed by atoms with E-state index in [2.05, 4.69) is 25.0 Å². The number of nitrogens with zero attached hydrogens (tertiary/aromatic N) is 2. The number of methoxy groups -OCH3 is 1. The Balaban J connectivity index is 2.47. The van der Waals surface area contributed by atoms with Gasteiger partial charge in [-0.3, -0.25) is 4.68 Å². The molecule has 2 N–H and O–H groups in total. The standard InChI is InChI=1S/C14H19N3O/c1-4-17-10(2)13(9-16-17)11-5-6-14(18-3)12(7-11)8-15/h5-7,9H,4,8,15H2,1-3H3. The molecule has 0 unspecified atom stereocenters. The van der Waals surface area contributed by atoms with Gasteiger partial charge in [0.1, 0.15) is 5.75 Å². The third-order valence-corrected chi connectivity index (χ3v) is 3.21. The Kier molecular flexibility index (Phi) is 3.67. The van der Waals surface area contributed by atoms with Crippen LogP contribution in [-0.2, 0) is 13.1 Å². The van der Waals surface area contributed by atoms with Crippen LogP contribution < -0.4 is 10.5 Å². The highest BCUT2D eigenvalue weighted by molar-refractivity contribution is 5.67. The summed E-state index contributed by atoms with van der Waals surface area (Å²) in [5.74, 6) is 0.835. The summed E-state index contributed by atoms with van der Waals surface area (Å²) in [5.41, 5.74) is 10.2. The average Bonchev–Trinajstić information content (AvgIpc) is 2.79. The van der Waals surface area contributed by atoms with E-state index in [1.165, 1.54) is 5.69 Å². The van der Waals surface area contributed by atoms with E-state index in [1.807, 2.05) is 23.0 Å². The van der Waals surface area contributed by atoms with E-state index in [9.17, 15) is 0 Å². The molecule has 18 heavy (non-hydrogen) atoms. The highest BCUT2D eigenvalue weighted by atomic mass is 16.5. The maximum atomic E-state index is 5.74. The Morgan fingerprint density at radius 2 is 2.17 bits per heavy atom. The Morgan fingerprint density at radius 3 is 2.72 bits per heavy atom. The summed E-state index contributed by atoms with van der Waals surface area (Å²) in [6.07, 6.45) is 1.90. The molecule has 0 bridgehead atoms. The van der Waals surface area contributed by atoms with Crippen LogP contribution in [0.1, 0.15) is 18.2 Å². The molecule has 0 fully saturated rings. The molecule has 1 aromatic carbocycles. The van der Waals surface area contributed by atoms with Crippen molar-refractivity contribution < 1.29 is 4.74 Å². The SMILES string of the molecule is CCn1ncc(-c2ccc(OC)c(CN)c2)c1C. The first-order chi connectivity index (χ1) is 8.71. The summed E-state index contributed by atoms with van der Waals surface area (Å²) in [6.45, 7) is 5.52. The zero-order valence-electron chi connectivity index (χ0n) is 11.1. The van der Waals surface area contributed by atoms with Crippen molar-refractivity contribution in [1.29, 1.82) is 0 Å². The van der Waals surface area contributed by atoms with Gasteiger partial charge in [-0.2, -0.15) is 5.10 Å². The van der Waals surface area contributed by atoms with E-state index in [-0.39, 0.29) is 0 Å². The predicted octanol–water partition coefficient (Wildman–Crippen LogP) is 2.35. The molecule has 0 saturated carbocycles. The van der Waals surface area contributed by atoms with Crippen LogP contribution in [0.15, 0.2) is 24.4 Å². The van der Waals surface area contributed by atoms with Crippen molar-refractivity contribution in [2.24, 2.45) is 5.73 Å². The van der Waals surface area contributed by atoms with Crippen molar-refractivity contribution in [3.8, 4) is 16.9 Å². The van der Waals surface area contributed by atoms with Crippen molar-refractivity contribution in [3.63, 3.8) is 0 Å². The summed E-state index contributed by atoms with van der Waals surface area (Å²) >= 11 is 0. The lowest BCUT2D eigenvalue weighted by Crippen LogP contribution is -2.01. The molecule has 0 aliphatic heterocycles. The van der Waals surface area contributed by atoms with Gasteiger partial charge in [0, 0.05) is 29.9 Å². The summed E-state index contributed by atoms with van der Waals surface area (Å²) in [4.78, 5) is 0. The highest BCUT2D eigenvalue weighted by Crippen LogP contribution is 2.28. The van der Waals surface area contributed by atoms with Gasteiger partial charge in [-0.1, -0.05) is 6.07 Å². The molecule has 96 valence electrons. The minimum Gasteiger partial charge on any atom is -0.496 e. The Morgan fingerprint density at radius 1 is 1.39 bits per heavy atom. The zero-order valence-corrected chi connectivity index (χ0v) is 11.1. The second-order valence-electron chi connectivity index (χ2n) is 4.19. The predicted molar refractivity (Wildman–Crippen MR) is 72.5 cm³/mol. The van der Waals surface area contributed by atoms with Crippen LogP contribution in [0.25, 0.3) is 11.1 Å². The molecule has 0 saturated heterocycles. The lowest BCUT2D eigenvalue weighted by Gasteiger charge is -2.09. The largest absolute Gasteiger partial charge is 0.496 e. The van der Waals surface area contributed by atoms with Crippen LogP contribution in [0.3, 0.4) is 0 Å². The number of ether oxygens (including phenoxy) is 1. The summed E-state index contributed by atoms with van der Waals surface area (Å²) in [7, 11) is 1.66. The zero-order chi connectivity index (χ0) is 13.1.